The summed E-state index contributed by atoms with van der Waals surface area (Å²) in [6.45, 7) is 0.730. The quantitative estimate of drug-likeness (QED) is 0.318. The number of hydrogen-bond acceptors (Lipinski definition) is 8. The van der Waals surface area contributed by atoms with Crippen LogP contribution in [0.2, 0.25) is 5.02 Å². The van der Waals surface area contributed by atoms with Gasteiger partial charge in [-0.3, -0.25) is 3.97 Å². The van der Waals surface area contributed by atoms with Gasteiger partial charge in [-0.25, -0.2) is 26.6 Å². The highest BCUT2D eigenvalue weighted by molar-refractivity contribution is 7.91. The zero-order valence-electron chi connectivity index (χ0n) is 21.2. The third-order valence-electron chi connectivity index (χ3n) is 7.91. The van der Waals surface area contributed by atoms with Crippen LogP contribution in [0.1, 0.15) is 25.7 Å². The molecule has 1 aliphatic heterocycles. The van der Waals surface area contributed by atoms with E-state index in [1.165, 1.54) is 6.20 Å². The molecule has 10 nitrogen and oxygen atoms in total. The van der Waals surface area contributed by atoms with Crippen LogP contribution in [-0.4, -0.2) is 65.4 Å². The third-order valence-corrected chi connectivity index (χ3v) is 11.8. The minimum Gasteiger partial charge on any atom is -0.350 e. The number of piperazine rings is 1. The normalized spacial score (nSPS) is 18.9. The van der Waals surface area contributed by atoms with Gasteiger partial charge in [0.15, 0.2) is 23.3 Å². The Labute approximate surface area is 238 Å². The summed E-state index contributed by atoms with van der Waals surface area (Å²) in [5, 5.41) is 3.51. The molecule has 3 aliphatic rings. The summed E-state index contributed by atoms with van der Waals surface area (Å²) in [5.41, 5.74) is -1.22. The molecule has 0 atom stereocenters. The SMILES string of the molecule is O=S(=O)(c1ccn(S(=O)(=O)C2CC2)c1)n1nc(N2CCN(c3ncc(Cl)cc3F)CC23CC3)c2c(F)ccc(F)c21. The summed E-state index contributed by atoms with van der Waals surface area (Å²) in [7, 11) is -8.40. The summed E-state index contributed by atoms with van der Waals surface area (Å²) < 4.78 is 99.2. The van der Waals surface area contributed by atoms with Crippen molar-refractivity contribution in [2.75, 3.05) is 29.4 Å². The van der Waals surface area contributed by atoms with E-state index in [0.717, 1.165) is 40.6 Å². The predicted octanol–water partition coefficient (Wildman–Crippen LogP) is 3.74. The van der Waals surface area contributed by atoms with Crippen LogP contribution in [0.5, 0.6) is 0 Å². The molecule has 0 amide bonds. The van der Waals surface area contributed by atoms with E-state index in [2.05, 4.69) is 10.1 Å². The van der Waals surface area contributed by atoms with Crippen LogP contribution in [0.4, 0.5) is 24.8 Å². The van der Waals surface area contributed by atoms with E-state index in [4.69, 9.17) is 11.6 Å². The van der Waals surface area contributed by atoms with Crippen LogP contribution < -0.4 is 9.80 Å². The van der Waals surface area contributed by atoms with Gasteiger partial charge in [0.25, 0.3) is 10.0 Å². The zero-order valence-corrected chi connectivity index (χ0v) is 23.6. The van der Waals surface area contributed by atoms with Gasteiger partial charge in [0, 0.05) is 38.2 Å². The van der Waals surface area contributed by atoms with Gasteiger partial charge < -0.3 is 9.80 Å². The zero-order chi connectivity index (χ0) is 28.9. The molecule has 3 aromatic heterocycles. The minimum absolute atomic E-state index is 0.0627. The van der Waals surface area contributed by atoms with Gasteiger partial charge >= 0.3 is 0 Å². The van der Waals surface area contributed by atoms with E-state index >= 15 is 8.78 Å². The molecular formula is C25H22ClF3N6O4S2. The van der Waals surface area contributed by atoms with Crippen molar-refractivity contribution in [3.05, 3.63) is 65.3 Å². The molecule has 216 valence electrons. The molecule has 4 heterocycles. The maximum absolute atomic E-state index is 15.3. The first-order valence-electron chi connectivity index (χ1n) is 12.8. The van der Waals surface area contributed by atoms with E-state index in [9.17, 15) is 21.2 Å². The third kappa shape index (κ3) is 4.11. The summed E-state index contributed by atoms with van der Waals surface area (Å²) >= 11 is 5.85. The number of nitrogens with zero attached hydrogens (tertiary/aromatic N) is 6. The van der Waals surface area contributed by atoms with Crippen LogP contribution in [0, 0.1) is 17.5 Å². The Morgan fingerprint density at radius 1 is 0.951 bits per heavy atom. The summed E-state index contributed by atoms with van der Waals surface area (Å²) in [4.78, 5) is 7.17. The minimum atomic E-state index is -4.64. The van der Waals surface area contributed by atoms with Crippen molar-refractivity contribution < 1.29 is 30.0 Å². The van der Waals surface area contributed by atoms with E-state index in [1.54, 1.807) is 9.80 Å². The lowest BCUT2D eigenvalue weighted by Crippen LogP contribution is -2.56. The number of rotatable bonds is 6. The highest BCUT2D eigenvalue weighted by Crippen LogP contribution is 2.49. The lowest BCUT2D eigenvalue weighted by atomic mass is 10.1. The molecule has 0 radical (unpaired) electrons. The molecule has 2 saturated carbocycles. The standard InChI is InChI=1S/C25H22ClF3N6O4S2/c26-15-11-20(29)23(30-12-15)32-9-10-34(25(14-32)6-7-25)24-21-18(27)3-4-19(28)22(21)35(31-24)41(38,39)17-5-8-33(13-17)40(36,37)16-1-2-16/h3-5,8,11-13,16H,1-2,6-7,9-10,14H2. The van der Waals surface area contributed by atoms with Gasteiger partial charge in [-0.05, 0) is 49.9 Å². The van der Waals surface area contributed by atoms with Gasteiger partial charge in [-0.1, -0.05) is 11.6 Å². The van der Waals surface area contributed by atoms with Crippen molar-refractivity contribution in [3.8, 4) is 0 Å². The Kier molecular flexibility index (Phi) is 5.74. The molecular weight excluding hydrogens is 605 g/mol. The maximum Gasteiger partial charge on any atom is 0.285 e. The number of fused-ring (bicyclic) bond motifs is 1. The Balaban J connectivity index is 1.31. The van der Waals surface area contributed by atoms with Crippen LogP contribution in [0.15, 0.2) is 47.8 Å². The number of halogens is 4. The smallest absolute Gasteiger partial charge is 0.285 e. The van der Waals surface area contributed by atoms with Gasteiger partial charge in [0.2, 0.25) is 10.0 Å². The predicted molar refractivity (Wildman–Crippen MR) is 145 cm³/mol. The van der Waals surface area contributed by atoms with E-state index in [0.29, 0.717) is 36.3 Å². The van der Waals surface area contributed by atoms with Crippen molar-refractivity contribution in [1.29, 1.82) is 0 Å². The molecule has 0 unspecified atom stereocenters. The van der Waals surface area contributed by atoms with Crippen LogP contribution >= 0.6 is 11.6 Å². The first kappa shape index (κ1) is 26.6. The molecule has 1 saturated heterocycles. The molecule has 2 aliphatic carbocycles. The first-order valence-corrected chi connectivity index (χ1v) is 16.1. The summed E-state index contributed by atoms with van der Waals surface area (Å²) in [5.74, 6) is -2.42. The van der Waals surface area contributed by atoms with Gasteiger partial charge in [-0.15, -0.1) is 9.19 Å². The number of pyridine rings is 1. The fourth-order valence-corrected chi connectivity index (χ4v) is 8.56. The van der Waals surface area contributed by atoms with Crippen molar-refractivity contribution in [2.24, 2.45) is 0 Å². The molecule has 4 aromatic rings. The van der Waals surface area contributed by atoms with Crippen molar-refractivity contribution >= 4 is 54.2 Å². The Bertz CT molecular complexity index is 1950. The van der Waals surface area contributed by atoms with Crippen molar-refractivity contribution in [3.63, 3.8) is 0 Å². The van der Waals surface area contributed by atoms with E-state index in [-0.39, 0.29) is 35.1 Å². The highest BCUT2D eigenvalue weighted by atomic mass is 35.5. The van der Waals surface area contributed by atoms with Crippen LogP contribution in [0.3, 0.4) is 0 Å². The van der Waals surface area contributed by atoms with E-state index in [1.807, 2.05) is 0 Å². The van der Waals surface area contributed by atoms with Gasteiger partial charge in [-0.2, -0.15) is 8.42 Å². The van der Waals surface area contributed by atoms with Crippen LogP contribution in [0.25, 0.3) is 10.9 Å². The fraction of sp³-hybridized carbons (Fsp3) is 0.360. The largest absolute Gasteiger partial charge is 0.350 e. The summed E-state index contributed by atoms with van der Waals surface area (Å²) in [6, 6.07) is 3.98. The second kappa shape index (κ2) is 8.85. The van der Waals surface area contributed by atoms with Gasteiger partial charge in [0.1, 0.15) is 16.2 Å². The lowest BCUT2D eigenvalue weighted by Gasteiger charge is -2.43. The molecule has 7 rings (SSSR count). The molecule has 16 heteroatoms. The monoisotopic (exact) mass is 626 g/mol. The number of aromatic nitrogens is 4. The van der Waals surface area contributed by atoms with E-state index < -0.39 is 58.7 Å². The average molecular weight is 627 g/mol. The molecule has 41 heavy (non-hydrogen) atoms. The van der Waals surface area contributed by atoms with Gasteiger partial charge in [0.05, 0.1) is 21.2 Å². The second-order valence-electron chi connectivity index (χ2n) is 10.6. The fourth-order valence-electron chi connectivity index (χ4n) is 5.50. The average Bonchev–Trinajstić information content (AvgIpc) is 3.82. The molecule has 1 spiro atoms. The number of benzene rings is 1. The lowest BCUT2D eigenvalue weighted by molar-refractivity contribution is 0.492. The molecule has 0 bridgehead atoms. The Morgan fingerprint density at radius 2 is 1.68 bits per heavy atom. The molecule has 0 N–H and O–H groups in total. The Morgan fingerprint density at radius 3 is 2.37 bits per heavy atom. The van der Waals surface area contributed by atoms with Crippen molar-refractivity contribution in [2.45, 2.75) is 41.4 Å². The Hall–Kier alpha value is -3.30. The van der Waals surface area contributed by atoms with Crippen molar-refractivity contribution in [1.82, 2.24) is 18.1 Å². The number of anilines is 2. The topological polar surface area (TPSA) is 110 Å². The highest BCUT2D eigenvalue weighted by Gasteiger charge is 2.53. The number of hydrogen-bond donors (Lipinski definition) is 0. The van der Waals surface area contributed by atoms with Crippen LogP contribution in [-0.2, 0) is 20.0 Å². The summed E-state index contributed by atoms with van der Waals surface area (Å²) in [6.07, 6.45) is 5.62. The first-order chi connectivity index (χ1) is 19.4. The molecule has 1 aromatic carbocycles. The molecule has 3 fully saturated rings. The second-order valence-corrected chi connectivity index (χ2v) is 14.9. The maximum atomic E-state index is 15.3.